The van der Waals surface area contributed by atoms with Crippen LogP contribution in [0.3, 0.4) is 0 Å². The summed E-state index contributed by atoms with van der Waals surface area (Å²) in [5.41, 5.74) is 0. The molecule has 11 heavy (non-hydrogen) atoms. The summed E-state index contributed by atoms with van der Waals surface area (Å²) in [5.74, 6) is -0.0781. The van der Waals surface area contributed by atoms with Gasteiger partial charge in [0.15, 0.2) is 6.10 Å². The molecule has 1 N–H and O–H groups in total. The van der Waals surface area contributed by atoms with E-state index in [4.69, 9.17) is 9.47 Å². The largest absolute Gasteiger partial charge is 0.363 e. The van der Waals surface area contributed by atoms with Crippen molar-refractivity contribution in [2.75, 3.05) is 13.3 Å². The predicted molar refractivity (Wildman–Crippen MR) is 39.0 cm³/mol. The molecule has 0 spiro atoms. The van der Waals surface area contributed by atoms with Gasteiger partial charge in [-0.2, -0.15) is 0 Å². The third-order valence-corrected chi connectivity index (χ3v) is 1.29. The van der Waals surface area contributed by atoms with Crippen LogP contribution < -0.4 is 5.32 Å². The Kier molecular flexibility index (Phi) is 2.84. The molecule has 0 aromatic heterocycles. The molecule has 1 rings (SSSR count). The van der Waals surface area contributed by atoms with Crippen LogP contribution in [-0.4, -0.2) is 31.5 Å². The maximum Gasteiger partial charge on any atom is 0.253 e. The van der Waals surface area contributed by atoms with E-state index in [1.165, 1.54) is 0 Å². The second-order valence-electron chi connectivity index (χ2n) is 2.72. The first kappa shape index (κ1) is 8.49. The number of rotatable bonds is 4. The number of hydrogen-bond donors (Lipinski definition) is 1. The van der Waals surface area contributed by atoms with Crippen molar-refractivity contribution in [1.82, 2.24) is 5.32 Å². The molecule has 64 valence electrons. The minimum Gasteiger partial charge on any atom is -0.363 e. The van der Waals surface area contributed by atoms with Crippen molar-refractivity contribution < 1.29 is 14.3 Å². The van der Waals surface area contributed by atoms with E-state index in [-0.39, 0.29) is 24.8 Å². The van der Waals surface area contributed by atoms with E-state index in [0.717, 1.165) is 0 Å². The van der Waals surface area contributed by atoms with Gasteiger partial charge in [-0.05, 0) is 13.8 Å². The molecule has 0 saturated carbocycles. The lowest BCUT2D eigenvalue weighted by Gasteiger charge is -2.07. The molecule has 0 aromatic carbocycles. The van der Waals surface area contributed by atoms with E-state index in [0.29, 0.717) is 6.61 Å². The molecular weight excluding hydrogens is 146 g/mol. The molecule has 1 fully saturated rings. The van der Waals surface area contributed by atoms with Crippen LogP contribution in [0.15, 0.2) is 0 Å². The van der Waals surface area contributed by atoms with Crippen LogP contribution in [0.1, 0.15) is 13.8 Å². The Labute approximate surface area is 65.9 Å². The third-order valence-electron chi connectivity index (χ3n) is 1.29. The molecule has 1 atom stereocenters. The van der Waals surface area contributed by atoms with E-state index in [2.05, 4.69) is 5.32 Å². The monoisotopic (exact) mass is 159 g/mol. The lowest BCUT2D eigenvalue weighted by Crippen LogP contribution is -2.31. The first-order valence-corrected chi connectivity index (χ1v) is 3.71. The molecule has 0 aliphatic carbocycles. The maximum atomic E-state index is 10.9. The Morgan fingerprint density at radius 3 is 2.91 bits per heavy atom. The molecule has 1 heterocycles. The lowest BCUT2D eigenvalue weighted by molar-refractivity contribution is -0.124. The van der Waals surface area contributed by atoms with Crippen LogP contribution in [0.5, 0.6) is 0 Å². The topological polar surface area (TPSA) is 50.9 Å². The summed E-state index contributed by atoms with van der Waals surface area (Å²) in [6.45, 7) is 4.66. The van der Waals surface area contributed by atoms with Crippen molar-refractivity contribution >= 4 is 5.91 Å². The number of carbonyl (C=O) groups is 1. The van der Waals surface area contributed by atoms with Gasteiger partial charge in [0.2, 0.25) is 0 Å². The minimum absolute atomic E-state index is 0.0781. The zero-order valence-electron chi connectivity index (χ0n) is 6.79. The first-order valence-electron chi connectivity index (χ1n) is 3.71. The molecular formula is C7H13NO3. The molecule has 4 heteroatoms. The van der Waals surface area contributed by atoms with Crippen LogP contribution in [0, 0.1) is 0 Å². The standard InChI is InChI=1S/C7H13NO3/c1-5(2)11-4-8-7(9)6-3-10-6/h5-6H,3-4H2,1-2H3,(H,8,9). The molecule has 1 amide bonds. The lowest BCUT2D eigenvalue weighted by atomic mass is 10.4. The predicted octanol–water partition coefficient (Wildman–Crippen LogP) is -0.116. The molecule has 1 aliphatic rings. The Hall–Kier alpha value is -0.610. The Morgan fingerprint density at radius 1 is 1.82 bits per heavy atom. The van der Waals surface area contributed by atoms with E-state index in [1.807, 2.05) is 13.8 Å². The van der Waals surface area contributed by atoms with E-state index in [1.54, 1.807) is 0 Å². The van der Waals surface area contributed by atoms with Gasteiger partial charge in [-0.1, -0.05) is 0 Å². The number of nitrogens with one attached hydrogen (secondary N) is 1. The van der Waals surface area contributed by atoms with Gasteiger partial charge in [0, 0.05) is 0 Å². The number of carbonyl (C=O) groups excluding carboxylic acids is 1. The number of epoxide rings is 1. The average Bonchev–Trinajstić information content (AvgIpc) is 2.66. The number of hydrogen-bond acceptors (Lipinski definition) is 3. The Balaban J connectivity index is 1.97. The van der Waals surface area contributed by atoms with Crippen molar-refractivity contribution in [3.05, 3.63) is 0 Å². The van der Waals surface area contributed by atoms with Crippen LogP contribution in [-0.2, 0) is 14.3 Å². The number of ether oxygens (including phenoxy) is 2. The highest BCUT2D eigenvalue weighted by atomic mass is 16.6. The van der Waals surface area contributed by atoms with Gasteiger partial charge in [-0.15, -0.1) is 0 Å². The highest BCUT2D eigenvalue weighted by molar-refractivity contribution is 5.82. The van der Waals surface area contributed by atoms with Gasteiger partial charge in [0.05, 0.1) is 12.7 Å². The molecule has 0 aromatic rings. The SMILES string of the molecule is CC(C)OCNC(=O)C1CO1. The summed E-state index contributed by atoms with van der Waals surface area (Å²) >= 11 is 0. The molecule has 1 aliphatic heterocycles. The van der Waals surface area contributed by atoms with E-state index < -0.39 is 0 Å². The summed E-state index contributed by atoms with van der Waals surface area (Å²) < 4.78 is 9.86. The van der Waals surface area contributed by atoms with Crippen molar-refractivity contribution in [2.24, 2.45) is 0 Å². The van der Waals surface area contributed by atoms with E-state index in [9.17, 15) is 4.79 Å². The van der Waals surface area contributed by atoms with E-state index >= 15 is 0 Å². The first-order chi connectivity index (χ1) is 5.20. The van der Waals surface area contributed by atoms with Gasteiger partial charge in [0.1, 0.15) is 6.73 Å². The number of amides is 1. The molecule has 0 bridgehead atoms. The van der Waals surface area contributed by atoms with Crippen molar-refractivity contribution in [1.29, 1.82) is 0 Å². The Bertz CT molecular complexity index is 143. The minimum atomic E-state index is -0.217. The van der Waals surface area contributed by atoms with Crippen LogP contribution in [0.4, 0.5) is 0 Å². The third kappa shape index (κ3) is 3.34. The summed E-state index contributed by atoms with van der Waals surface area (Å²) in [5, 5.41) is 2.59. The summed E-state index contributed by atoms with van der Waals surface area (Å²) in [6, 6.07) is 0. The smallest absolute Gasteiger partial charge is 0.253 e. The van der Waals surface area contributed by atoms with Crippen LogP contribution >= 0.6 is 0 Å². The van der Waals surface area contributed by atoms with Gasteiger partial charge < -0.3 is 14.8 Å². The fraction of sp³-hybridized carbons (Fsp3) is 0.857. The second-order valence-corrected chi connectivity index (χ2v) is 2.72. The quantitative estimate of drug-likeness (QED) is 0.459. The highest BCUT2D eigenvalue weighted by Gasteiger charge is 2.30. The second kappa shape index (κ2) is 3.69. The molecule has 1 unspecified atom stereocenters. The van der Waals surface area contributed by atoms with Crippen LogP contribution in [0.25, 0.3) is 0 Å². The van der Waals surface area contributed by atoms with Gasteiger partial charge in [-0.3, -0.25) is 4.79 Å². The fourth-order valence-electron chi connectivity index (χ4n) is 0.593. The molecule has 1 saturated heterocycles. The zero-order chi connectivity index (χ0) is 8.27. The summed E-state index contributed by atoms with van der Waals surface area (Å²) in [7, 11) is 0. The summed E-state index contributed by atoms with van der Waals surface area (Å²) in [6.07, 6.45) is -0.0683. The van der Waals surface area contributed by atoms with Crippen LogP contribution in [0.2, 0.25) is 0 Å². The zero-order valence-corrected chi connectivity index (χ0v) is 6.79. The van der Waals surface area contributed by atoms with Crippen molar-refractivity contribution in [3.63, 3.8) is 0 Å². The fourth-order valence-corrected chi connectivity index (χ4v) is 0.593. The maximum absolute atomic E-state index is 10.9. The highest BCUT2D eigenvalue weighted by Crippen LogP contribution is 2.07. The Morgan fingerprint density at radius 2 is 2.45 bits per heavy atom. The van der Waals surface area contributed by atoms with Gasteiger partial charge >= 0.3 is 0 Å². The summed E-state index contributed by atoms with van der Waals surface area (Å²) in [4.78, 5) is 10.9. The van der Waals surface area contributed by atoms with Gasteiger partial charge in [-0.25, -0.2) is 0 Å². The average molecular weight is 159 g/mol. The van der Waals surface area contributed by atoms with Gasteiger partial charge in [0.25, 0.3) is 5.91 Å². The molecule has 4 nitrogen and oxygen atoms in total. The van der Waals surface area contributed by atoms with Crippen molar-refractivity contribution in [2.45, 2.75) is 26.1 Å². The normalized spacial score (nSPS) is 21.9. The molecule has 0 radical (unpaired) electrons. The van der Waals surface area contributed by atoms with Crippen molar-refractivity contribution in [3.8, 4) is 0 Å².